The Morgan fingerprint density at radius 1 is 1.09 bits per heavy atom. The molecule has 1 aromatic rings. The highest BCUT2D eigenvalue weighted by Gasteiger charge is 2.29. The fraction of sp³-hybridized carbons (Fsp3) is 0.556. The van der Waals surface area contributed by atoms with Crippen LogP contribution in [0.15, 0.2) is 12.5 Å². The van der Waals surface area contributed by atoms with Crippen molar-refractivity contribution in [2.24, 2.45) is 5.73 Å². The van der Waals surface area contributed by atoms with Crippen LogP contribution >= 0.6 is 11.8 Å². The summed E-state index contributed by atoms with van der Waals surface area (Å²) in [6, 6.07) is -3.62. The minimum Gasteiger partial charge on any atom is -0.480 e. The number of nitrogens with one attached hydrogen (secondary N) is 5. The van der Waals surface area contributed by atoms with Gasteiger partial charge in [-0.3, -0.25) is 24.0 Å². The highest BCUT2D eigenvalue weighted by atomic mass is 32.2. The Bertz CT molecular complexity index is 806. The van der Waals surface area contributed by atoms with Crippen LogP contribution in [0.3, 0.4) is 0 Å². The molecule has 0 saturated heterocycles. The van der Waals surface area contributed by atoms with Crippen molar-refractivity contribution in [2.45, 2.75) is 31.0 Å². The van der Waals surface area contributed by atoms with Crippen molar-refractivity contribution >= 4 is 41.4 Å². The fourth-order valence-electron chi connectivity index (χ4n) is 2.61. The summed E-state index contributed by atoms with van der Waals surface area (Å²) >= 11 is 1.41. The molecule has 0 aromatic carbocycles. The van der Waals surface area contributed by atoms with Crippen molar-refractivity contribution in [3.05, 3.63) is 18.2 Å². The number of thioether (sulfide) groups is 1. The van der Waals surface area contributed by atoms with E-state index in [0.717, 1.165) is 0 Å². The SMILES string of the molecule is CSCC[C@H](NC(=O)[C@H](CO)NC(=O)[C@H](Cc1cnc[nH]1)NC(=O)CN)C(=O)NCC(=O)O. The van der Waals surface area contributed by atoms with Crippen molar-refractivity contribution in [3.63, 3.8) is 0 Å². The van der Waals surface area contributed by atoms with Crippen molar-refractivity contribution in [2.75, 3.05) is 31.7 Å². The maximum absolute atomic E-state index is 12.7. The van der Waals surface area contributed by atoms with E-state index in [2.05, 4.69) is 31.2 Å². The second kappa shape index (κ2) is 14.8. The molecule has 0 aliphatic heterocycles. The first-order chi connectivity index (χ1) is 15.7. The Balaban J connectivity index is 2.86. The summed E-state index contributed by atoms with van der Waals surface area (Å²) in [4.78, 5) is 66.6. The molecule has 0 fully saturated rings. The maximum Gasteiger partial charge on any atom is 0.322 e. The third kappa shape index (κ3) is 10.3. The third-order valence-electron chi connectivity index (χ3n) is 4.29. The van der Waals surface area contributed by atoms with E-state index in [1.807, 2.05) is 0 Å². The van der Waals surface area contributed by atoms with Gasteiger partial charge in [-0.25, -0.2) is 4.98 Å². The van der Waals surface area contributed by atoms with Gasteiger partial charge < -0.3 is 42.2 Å². The van der Waals surface area contributed by atoms with E-state index in [-0.39, 0.29) is 19.4 Å². The highest BCUT2D eigenvalue weighted by molar-refractivity contribution is 7.98. The Labute approximate surface area is 193 Å². The van der Waals surface area contributed by atoms with E-state index in [0.29, 0.717) is 11.4 Å². The molecule has 15 heteroatoms. The second-order valence-electron chi connectivity index (χ2n) is 6.80. The predicted molar refractivity (Wildman–Crippen MR) is 118 cm³/mol. The fourth-order valence-corrected chi connectivity index (χ4v) is 3.08. The number of aromatic nitrogens is 2. The molecule has 0 aliphatic carbocycles. The predicted octanol–water partition coefficient (Wildman–Crippen LogP) is -3.69. The summed E-state index contributed by atoms with van der Waals surface area (Å²) in [6.45, 7) is -1.77. The van der Waals surface area contributed by atoms with Crippen LogP contribution < -0.4 is 27.0 Å². The summed E-state index contributed by atoms with van der Waals surface area (Å²) in [5.41, 5.74) is 5.82. The van der Waals surface area contributed by atoms with Gasteiger partial charge in [-0.15, -0.1) is 0 Å². The maximum atomic E-state index is 12.7. The number of hydrogen-bond acceptors (Lipinski definition) is 9. The number of aliphatic hydroxyl groups excluding tert-OH is 1. The normalized spacial score (nSPS) is 13.3. The molecule has 33 heavy (non-hydrogen) atoms. The van der Waals surface area contributed by atoms with Crippen LogP contribution in [0.2, 0.25) is 0 Å². The molecule has 0 spiro atoms. The Morgan fingerprint density at radius 3 is 2.30 bits per heavy atom. The number of hydrogen-bond donors (Lipinski definition) is 8. The standard InChI is InChI=1S/C18H29N7O7S/c1-33-3-2-11(16(30)21-7-15(28)29)24-18(32)13(8-26)25-17(31)12(23-14(27)5-19)4-10-6-20-9-22-10/h6,9,11-13,26H,2-5,7-8,19H2,1H3,(H,20,22)(H,21,30)(H,23,27)(H,24,32)(H,25,31)(H,28,29)/t11-,12-,13-/m0/s1. The first-order valence-electron chi connectivity index (χ1n) is 9.88. The number of aliphatic carboxylic acids is 1. The molecular formula is C18H29N7O7S. The van der Waals surface area contributed by atoms with Crippen molar-refractivity contribution in [1.82, 2.24) is 31.2 Å². The molecule has 9 N–H and O–H groups in total. The first-order valence-corrected chi connectivity index (χ1v) is 11.3. The smallest absolute Gasteiger partial charge is 0.322 e. The number of H-pyrrole nitrogens is 1. The molecule has 184 valence electrons. The Hall–Kier alpha value is -3.17. The van der Waals surface area contributed by atoms with Crippen LogP contribution in [0, 0.1) is 0 Å². The van der Waals surface area contributed by atoms with Crippen LogP contribution in [0.4, 0.5) is 0 Å². The summed E-state index contributed by atoms with van der Waals surface area (Å²) in [7, 11) is 0. The van der Waals surface area contributed by atoms with Gasteiger partial charge in [-0.2, -0.15) is 11.8 Å². The molecule has 4 amide bonds. The molecular weight excluding hydrogens is 458 g/mol. The lowest BCUT2D eigenvalue weighted by atomic mass is 10.1. The van der Waals surface area contributed by atoms with Crippen LogP contribution in [-0.4, -0.2) is 99.6 Å². The van der Waals surface area contributed by atoms with Crippen LogP contribution in [0.5, 0.6) is 0 Å². The van der Waals surface area contributed by atoms with Crippen LogP contribution in [0.25, 0.3) is 0 Å². The zero-order valence-corrected chi connectivity index (χ0v) is 18.8. The van der Waals surface area contributed by atoms with Gasteiger partial charge in [0.25, 0.3) is 0 Å². The van der Waals surface area contributed by atoms with Crippen molar-refractivity contribution in [3.8, 4) is 0 Å². The van der Waals surface area contributed by atoms with Crippen molar-refractivity contribution < 1.29 is 34.2 Å². The van der Waals surface area contributed by atoms with Gasteiger partial charge in [0.1, 0.15) is 24.7 Å². The number of carboxylic acid groups (broad SMARTS) is 1. The number of carboxylic acids is 1. The van der Waals surface area contributed by atoms with E-state index in [9.17, 15) is 29.1 Å². The Morgan fingerprint density at radius 2 is 1.76 bits per heavy atom. The van der Waals surface area contributed by atoms with E-state index < -0.39 is 60.9 Å². The third-order valence-corrected chi connectivity index (χ3v) is 4.93. The minimum atomic E-state index is -1.43. The average Bonchev–Trinajstić information content (AvgIpc) is 3.30. The monoisotopic (exact) mass is 487 g/mol. The quantitative estimate of drug-likeness (QED) is 0.121. The zero-order chi connectivity index (χ0) is 24.8. The van der Waals surface area contributed by atoms with E-state index in [1.165, 1.54) is 24.3 Å². The number of carbonyl (C=O) groups is 5. The summed E-state index contributed by atoms with van der Waals surface area (Å²) < 4.78 is 0. The Kier molecular flexibility index (Phi) is 12.5. The number of carbonyl (C=O) groups excluding carboxylic acids is 4. The number of rotatable bonds is 15. The van der Waals surface area contributed by atoms with E-state index in [1.54, 1.807) is 6.26 Å². The van der Waals surface area contributed by atoms with Crippen LogP contribution in [0.1, 0.15) is 12.1 Å². The number of amides is 4. The van der Waals surface area contributed by atoms with Crippen molar-refractivity contribution in [1.29, 1.82) is 0 Å². The van der Waals surface area contributed by atoms with E-state index in [4.69, 9.17) is 10.8 Å². The lowest BCUT2D eigenvalue weighted by molar-refractivity contribution is -0.138. The number of nitrogens with two attached hydrogens (primary N) is 1. The summed E-state index contributed by atoms with van der Waals surface area (Å²) in [6.07, 6.45) is 4.85. The number of nitrogens with zero attached hydrogens (tertiary/aromatic N) is 1. The number of aliphatic hydroxyl groups is 1. The molecule has 0 bridgehead atoms. The average molecular weight is 488 g/mol. The zero-order valence-electron chi connectivity index (χ0n) is 18.0. The van der Waals surface area contributed by atoms with Gasteiger partial charge in [0.15, 0.2) is 0 Å². The second-order valence-corrected chi connectivity index (χ2v) is 7.79. The minimum absolute atomic E-state index is 0.0191. The van der Waals surface area contributed by atoms with Gasteiger partial charge in [0, 0.05) is 18.3 Å². The molecule has 14 nitrogen and oxygen atoms in total. The van der Waals surface area contributed by atoms with Gasteiger partial charge in [0.05, 0.1) is 19.5 Å². The lowest BCUT2D eigenvalue weighted by Gasteiger charge is -2.24. The molecule has 3 atom stereocenters. The van der Waals surface area contributed by atoms with E-state index >= 15 is 0 Å². The molecule has 0 radical (unpaired) electrons. The number of imidazole rings is 1. The van der Waals surface area contributed by atoms with Gasteiger partial charge in [-0.05, 0) is 18.4 Å². The largest absolute Gasteiger partial charge is 0.480 e. The molecule has 1 aromatic heterocycles. The van der Waals surface area contributed by atoms with Gasteiger partial charge in [0.2, 0.25) is 23.6 Å². The lowest BCUT2D eigenvalue weighted by Crippen LogP contribution is -2.58. The molecule has 1 rings (SSSR count). The molecule has 0 aliphatic rings. The molecule has 0 saturated carbocycles. The topological polar surface area (TPSA) is 229 Å². The first kappa shape index (κ1) is 27.9. The van der Waals surface area contributed by atoms with Crippen LogP contribution in [-0.2, 0) is 30.4 Å². The number of aromatic amines is 1. The van der Waals surface area contributed by atoms with Gasteiger partial charge >= 0.3 is 5.97 Å². The highest BCUT2D eigenvalue weighted by Crippen LogP contribution is 2.03. The molecule has 0 unspecified atom stereocenters. The summed E-state index contributed by atoms with van der Waals surface area (Å²) in [5, 5.41) is 27.7. The van der Waals surface area contributed by atoms with Gasteiger partial charge in [-0.1, -0.05) is 0 Å². The molecule has 1 heterocycles. The summed E-state index contributed by atoms with van der Waals surface area (Å²) in [5.74, 6) is -3.70.